The maximum absolute atomic E-state index is 6.00. The van der Waals surface area contributed by atoms with E-state index in [9.17, 15) is 0 Å². The summed E-state index contributed by atoms with van der Waals surface area (Å²) < 4.78 is 13.7. The summed E-state index contributed by atoms with van der Waals surface area (Å²) in [5, 5.41) is 3.16. The van der Waals surface area contributed by atoms with Gasteiger partial charge in [0.15, 0.2) is 11.6 Å². The second-order valence-corrected chi connectivity index (χ2v) is 7.03. The summed E-state index contributed by atoms with van der Waals surface area (Å²) in [6, 6.07) is 8.39. The van der Waals surface area contributed by atoms with Crippen LogP contribution < -0.4 is 15.0 Å². The van der Waals surface area contributed by atoms with E-state index in [1.807, 2.05) is 42.8 Å². The van der Waals surface area contributed by atoms with Gasteiger partial charge in [-0.25, -0.2) is 14.5 Å². The molecule has 1 saturated heterocycles. The first kappa shape index (κ1) is 16.3. The molecular weight excluding hydrogens is 344 g/mol. The number of para-hydroxylation sites is 2. The molecule has 2 aliphatic rings. The van der Waals surface area contributed by atoms with Crippen molar-refractivity contribution in [2.24, 2.45) is 0 Å². The number of aromatic nitrogens is 4. The number of imidazole rings is 1. The number of fused-ring (bicyclic) bond motifs is 4. The molecule has 4 heterocycles. The predicted octanol–water partition coefficient (Wildman–Crippen LogP) is 2.15. The van der Waals surface area contributed by atoms with E-state index in [0.717, 1.165) is 28.3 Å². The Balaban J connectivity index is 1.72. The van der Waals surface area contributed by atoms with Crippen LogP contribution in [-0.2, 0) is 4.74 Å². The molecule has 0 spiro atoms. The summed E-state index contributed by atoms with van der Waals surface area (Å²) in [5.74, 6) is 2.90. The summed E-state index contributed by atoms with van der Waals surface area (Å²) in [7, 11) is 1.85. The van der Waals surface area contributed by atoms with E-state index in [1.165, 1.54) is 0 Å². The van der Waals surface area contributed by atoms with Gasteiger partial charge in [0.05, 0.1) is 42.0 Å². The lowest BCUT2D eigenvalue weighted by Gasteiger charge is -2.44. The minimum Gasteiger partial charge on any atom is -0.486 e. The molecule has 0 saturated carbocycles. The quantitative estimate of drug-likeness (QED) is 0.745. The van der Waals surface area contributed by atoms with Crippen LogP contribution >= 0.6 is 0 Å². The predicted molar refractivity (Wildman–Crippen MR) is 103 cm³/mol. The zero-order valence-corrected chi connectivity index (χ0v) is 15.6. The van der Waals surface area contributed by atoms with Crippen molar-refractivity contribution in [2.75, 3.05) is 37.1 Å². The highest BCUT2D eigenvalue weighted by atomic mass is 16.5. The third-order valence-corrected chi connectivity index (χ3v) is 5.19. The molecule has 8 nitrogen and oxygen atoms in total. The Kier molecular flexibility index (Phi) is 3.68. The third kappa shape index (κ3) is 2.43. The van der Waals surface area contributed by atoms with E-state index < -0.39 is 0 Å². The molecule has 0 aliphatic carbocycles. The van der Waals surface area contributed by atoms with Gasteiger partial charge in [0.1, 0.15) is 6.61 Å². The normalized spacial score (nSPS) is 21.5. The number of nitrogens with zero attached hydrogens (tertiary/aromatic N) is 5. The number of morpholine rings is 1. The smallest absolute Gasteiger partial charge is 0.239 e. The van der Waals surface area contributed by atoms with Crippen molar-refractivity contribution in [3.8, 4) is 11.7 Å². The van der Waals surface area contributed by atoms with Crippen molar-refractivity contribution in [1.29, 1.82) is 0 Å². The molecule has 140 valence electrons. The molecule has 27 heavy (non-hydrogen) atoms. The van der Waals surface area contributed by atoms with E-state index in [4.69, 9.17) is 19.4 Å². The number of rotatable bonds is 2. The number of ether oxygens (including phenoxy) is 2. The van der Waals surface area contributed by atoms with Gasteiger partial charge in [-0.1, -0.05) is 12.1 Å². The summed E-state index contributed by atoms with van der Waals surface area (Å²) in [6.45, 7) is 6.05. The Bertz CT molecular complexity index is 1020. The Morgan fingerprint density at radius 3 is 2.81 bits per heavy atom. The molecule has 3 aromatic rings. The largest absolute Gasteiger partial charge is 0.486 e. The van der Waals surface area contributed by atoms with Gasteiger partial charge in [-0.15, -0.1) is 0 Å². The van der Waals surface area contributed by atoms with Crippen molar-refractivity contribution < 1.29 is 9.47 Å². The van der Waals surface area contributed by atoms with Crippen LogP contribution in [0.25, 0.3) is 17.0 Å². The second-order valence-electron chi connectivity index (χ2n) is 7.03. The molecule has 1 aromatic carbocycles. The highest BCUT2D eigenvalue weighted by molar-refractivity contribution is 5.80. The van der Waals surface area contributed by atoms with Crippen molar-refractivity contribution in [1.82, 2.24) is 19.5 Å². The average Bonchev–Trinajstić information content (AvgIpc) is 3.06. The number of benzene rings is 1. The molecule has 1 fully saturated rings. The second kappa shape index (κ2) is 6.09. The Morgan fingerprint density at radius 2 is 1.96 bits per heavy atom. The summed E-state index contributed by atoms with van der Waals surface area (Å²) in [6.07, 6.45) is 0. The van der Waals surface area contributed by atoms with Crippen LogP contribution in [0, 0.1) is 6.92 Å². The van der Waals surface area contributed by atoms with Crippen LogP contribution in [0.1, 0.15) is 12.6 Å². The zero-order valence-electron chi connectivity index (χ0n) is 15.6. The first-order valence-electron chi connectivity index (χ1n) is 9.20. The van der Waals surface area contributed by atoms with Crippen molar-refractivity contribution in [3.05, 3.63) is 30.0 Å². The monoisotopic (exact) mass is 366 g/mol. The fraction of sp³-hybridized carbons (Fsp3) is 0.421. The van der Waals surface area contributed by atoms with E-state index in [0.29, 0.717) is 31.7 Å². The Hall–Kier alpha value is -2.87. The highest BCUT2D eigenvalue weighted by Gasteiger charge is 2.37. The molecule has 0 bridgehead atoms. The molecule has 5 rings (SSSR count). The standard InChI is InChI=1S/C19H22N6O2/c1-11-8-26-9-13-10-27-16-12(2)21-19(23-17(16)24(11)13)25-15-7-5-4-6-14(15)22-18(25)20-3/h4-7,11,13H,8-10H2,1-3H3,(H,20,22)/t11-,13+/m1/s1. The molecule has 2 aromatic heterocycles. The zero-order chi connectivity index (χ0) is 18.5. The van der Waals surface area contributed by atoms with Gasteiger partial charge in [0, 0.05) is 7.05 Å². The first-order valence-corrected chi connectivity index (χ1v) is 9.20. The number of hydrogen-bond acceptors (Lipinski definition) is 7. The van der Waals surface area contributed by atoms with Crippen molar-refractivity contribution in [3.63, 3.8) is 0 Å². The van der Waals surface area contributed by atoms with E-state index >= 15 is 0 Å². The summed E-state index contributed by atoms with van der Waals surface area (Å²) in [5.41, 5.74) is 2.69. The van der Waals surface area contributed by atoms with Gasteiger partial charge in [-0.3, -0.25) is 0 Å². The molecule has 0 amide bonds. The van der Waals surface area contributed by atoms with Crippen molar-refractivity contribution >= 4 is 22.8 Å². The van der Waals surface area contributed by atoms with Crippen LogP contribution in [0.5, 0.6) is 5.75 Å². The van der Waals surface area contributed by atoms with Gasteiger partial charge in [-0.2, -0.15) is 4.98 Å². The molecular formula is C19H22N6O2. The van der Waals surface area contributed by atoms with Gasteiger partial charge in [0.2, 0.25) is 11.9 Å². The van der Waals surface area contributed by atoms with E-state index in [2.05, 4.69) is 22.1 Å². The van der Waals surface area contributed by atoms with E-state index in [-0.39, 0.29) is 12.1 Å². The van der Waals surface area contributed by atoms with Crippen LogP contribution in [0.4, 0.5) is 11.8 Å². The van der Waals surface area contributed by atoms with Crippen LogP contribution in [0.2, 0.25) is 0 Å². The summed E-state index contributed by atoms with van der Waals surface area (Å²) in [4.78, 5) is 16.6. The SMILES string of the molecule is CNc1nc2ccccc2n1-c1nc(C)c2c(n1)N1[C@@H](COC[C@H]1C)CO2. The van der Waals surface area contributed by atoms with Gasteiger partial charge in [-0.05, 0) is 26.0 Å². The third-order valence-electron chi connectivity index (χ3n) is 5.19. The van der Waals surface area contributed by atoms with Crippen LogP contribution in [-0.4, -0.2) is 58.5 Å². The molecule has 0 unspecified atom stereocenters. The van der Waals surface area contributed by atoms with Gasteiger partial charge >= 0.3 is 0 Å². The minimum absolute atomic E-state index is 0.173. The molecule has 1 N–H and O–H groups in total. The molecule has 0 radical (unpaired) electrons. The molecule has 2 aliphatic heterocycles. The Labute approximate surface area is 157 Å². The number of aryl methyl sites for hydroxylation is 1. The highest BCUT2D eigenvalue weighted by Crippen LogP contribution is 2.38. The van der Waals surface area contributed by atoms with Gasteiger partial charge < -0.3 is 19.7 Å². The lowest BCUT2D eigenvalue weighted by molar-refractivity contribution is 0.0484. The van der Waals surface area contributed by atoms with Gasteiger partial charge in [0.25, 0.3) is 0 Å². The molecule has 2 atom stereocenters. The lowest BCUT2D eigenvalue weighted by atomic mass is 10.1. The maximum Gasteiger partial charge on any atom is 0.239 e. The maximum atomic E-state index is 6.00. The average molecular weight is 366 g/mol. The van der Waals surface area contributed by atoms with E-state index in [1.54, 1.807) is 0 Å². The molecule has 8 heteroatoms. The fourth-order valence-corrected chi connectivity index (χ4v) is 3.96. The lowest BCUT2D eigenvalue weighted by Crippen LogP contribution is -2.56. The number of anilines is 2. The van der Waals surface area contributed by atoms with Crippen molar-refractivity contribution in [2.45, 2.75) is 25.9 Å². The topological polar surface area (TPSA) is 77.3 Å². The summed E-state index contributed by atoms with van der Waals surface area (Å²) >= 11 is 0. The Morgan fingerprint density at radius 1 is 1.11 bits per heavy atom. The number of hydrogen-bond donors (Lipinski definition) is 1. The number of nitrogens with one attached hydrogen (secondary N) is 1. The first-order chi connectivity index (χ1) is 13.2. The van der Waals surface area contributed by atoms with Crippen LogP contribution in [0.3, 0.4) is 0 Å². The minimum atomic E-state index is 0.173. The van der Waals surface area contributed by atoms with Crippen LogP contribution in [0.15, 0.2) is 24.3 Å². The fourth-order valence-electron chi connectivity index (χ4n) is 3.96.